The van der Waals surface area contributed by atoms with Gasteiger partial charge in [-0.1, -0.05) is 13.8 Å². The third kappa shape index (κ3) is 2.55. The molecule has 0 radical (unpaired) electrons. The van der Waals surface area contributed by atoms with Crippen molar-refractivity contribution in [2.45, 2.75) is 20.8 Å². The molecule has 2 aromatic heterocycles. The average Bonchev–Trinajstić information content (AvgIpc) is 2.73. The summed E-state index contributed by atoms with van der Waals surface area (Å²) in [5.41, 5.74) is 1.81. The van der Waals surface area contributed by atoms with Crippen LogP contribution >= 0.6 is 0 Å². The highest BCUT2D eigenvalue weighted by Gasteiger charge is 2.16. The Morgan fingerprint density at radius 3 is 2.88 bits per heavy atom. The second kappa shape index (κ2) is 4.33. The van der Waals surface area contributed by atoms with Gasteiger partial charge in [-0.2, -0.15) is 9.61 Å². The molecule has 2 rings (SSSR count). The summed E-state index contributed by atoms with van der Waals surface area (Å²) in [5, 5.41) is 16.7. The highest BCUT2D eigenvalue weighted by molar-refractivity contribution is 5.51. The third-order valence-electron chi connectivity index (χ3n) is 2.70. The normalized spacial score (nSPS) is 12.0. The molecule has 0 aliphatic heterocycles. The van der Waals surface area contributed by atoms with Crippen molar-refractivity contribution in [3.8, 4) is 0 Å². The number of aliphatic hydroxyl groups excluding tert-OH is 1. The maximum Gasteiger partial charge on any atom is 0.157 e. The lowest BCUT2D eigenvalue weighted by molar-refractivity contribution is 0.170. The van der Waals surface area contributed by atoms with Crippen LogP contribution in [0.2, 0.25) is 0 Å². The van der Waals surface area contributed by atoms with Gasteiger partial charge in [-0.25, -0.2) is 4.98 Å². The zero-order valence-corrected chi connectivity index (χ0v) is 10.4. The summed E-state index contributed by atoms with van der Waals surface area (Å²) >= 11 is 0. The van der Waals surface area contributed by atoms with Gasteiger partial charge in [0.1, 0.15) is 12.1 Å². The second-order valence-electron chi connectivity index (χ2n) is 5.12. The van der Waals surface area contributed by atoms with Crippen LogP contribution in [-0.4, -0.2) is 32.9 Å². The number of pyridine rings is 1. The Morgan fingerprint density at radius 1 is 1.41 bits per heavy atom. The number of fused-ring (bicyclic) bond motifs is 1. The number of nitrogens with one attached hydrogen (secondary N) is 1. The Hall–Kier alpha value is -1.62. The van der Waals surface area contributed by atoms with Crippen LogP contribution in [0.3, 0.4) is 0 Å². The average molecular weight is 234 g/mol. The Kier molecular flexibility index (Phi) is 3.02. The van der Waals surface area contributed by atoms with E-state index in [1.807, 2.05) is 32.9 Å². The van der Waals surface area contributed by atoms with Crippen molar-refractivity contribution in [1.29, 1.82) is 0 Å². The first-order valence-corrected chi connectivity index (χ1v) is 5.67. The molecule has 0 aromatic carbocycles. The summed E-state index contributed by atoms with van der Waals surface area (Å²) in [6, 6.07) is 4.00. The molecule has 0 amide bonds. The molecule has 0 atom stereocenters. The van der Waals surface area contributed by atoms with Crippen LogP contribution in [-0.2, 0) is 0 Å². The summed E-state index contributed by atoms with van der Waals surface area (Å²) in [5.74, 6) is 0.902. The number of anilines is 1. The summed E-state index contributed by atoms with van der Waals surface area (Å²) in [6.07, 6.45) is 1.54. The fraction of sp³-hybridized carbons (Fsp3) is 0.500. The SMILES string of the molecule is Cc1cc(NCC(C)(C)CO)n2ncnc2c1. The number of hydrogen-bond acceptors (Lipinski definition) is 4. The monoisotopic (exact) mass is 234 g/mol. The van der Waals surface area contributed by atoms with Crippen LogP contribution in [0.5, 0.6) is 0 Å². The van der Waals surface area contributed by atoms with Crippen molar-refractivity contribution in [3.05, 3.63) is 24.0 Å². The molecule has 0 fully saturated rings. The number of aromatic nitrogens is 3. The van der Waals surface area contributed by atoms with Crippen molar-refractivity contribution < 1.29 is 5.11 Å². The van der Waals surface area contributed by atoms with Gasteiger partial charge in [0.05, 0.1) is 0 Å². The minimum Gasteiger partial charge on any atom is -0.396 e. The van der Waals surface area contributed by atoms with E-state index in [1.165, 1.54) is 6.33 Å². The van der Waals surface area contributed by atoms with Crippen LogP contribution in [0.15, 0.2) is 18.5 Å². The third-order valence-corrected chi connectivity index (χ3v) is 2.70. The van der Waals surface area contributed by atoms with Gasteiger partial charge in [-0.15, -0.1) is 0 Å². The van der Waals surface area contributed by atoms with E-state index in [0.29, 0.717) is 6.54 Å². The number of aryl methyl sites for hydroxylation is 1. The molecule has 5 nitrogen and oxygen atoms in total. The Morgan fingerprint density at radius 2 is 2.18 bits per heavy atom. The Labute approximate surface area is 100 Å². The first-order chi connectivity index (χ1) is 8.02. The maximum absolute atomic E-state index is 9.23. The zero-order chi connectivity index (χ0) is 12.5. The van der Waals surface area contributed by atoms with Gasteiger partial charge >= 0.3 is 0 Å². The van der Waals surface area contributed by atoms with Crippen molar-refractivity contribution in [2.24, 2.45) is 5.41 Å². The highest BCUT2D eigenvalue weighted by Crippen LogP contribution is 2.17. The van der Waals surface area contributed by atoms with E-state index in [1.54, 1.807) is 4.52 Å². The summed E-state index contributed by atoms with van der Waals surface area (Å²) in [7, 11) is 0. The summed E-state index contributed by atoms with van der Waals surface area (Å²) in [6.45, 7) is 6.87. The molecule has 0 unspecified atom stereocenters. The van der Waals surface area contributed by atoms with Crippen molar-refractivity contribution in [2.75, 3.05) is 18.5 Å². The van der Waals surface area contributed by atoms with E-state index in [-0.39, 0.29) is 12.0 Å². The molecule has 0 saturated carbocycles. The molecule has 0 bridgehead atoms. The molecule has 2 heterocycles. The van der Waals surface area contributed by atoms with Gasteiger partial charge in [0.2, 0.25) is 0 Å². The van der Waals surface area contributed by atoms with Crippen molar-refractivity contribution in [3.63, 3.8) is 0 Å². The van der Waals surface area contributed by atoms with Gasteiger partial charge < -0.3 is 10.4 Å². The van der Waals surface area contributed by atoms with E-state index < -0.39 is 0 Å². The smallest absolute Gasteiger partial charge is 0.157 e. The predicted molar refractivity (Wildman–Crippen MR) is 67.1 cm³/mol. The topological polar surface area (TPSA) is 62.5 Å². The van der Waals surface area contributed by atoms with Gasteiger partial charge in [-0.3, -0.25) is 0 Å². The van der Waals surface area contributed by atoms with E-state index in [4.69, 9.17) is 0 Å². The van der Waals surface area contributed by atoms with Crippen LogP contribution in [0.4, 0.5) is 5.82 Å². The first-order valence-electron chi connectivity index (χ1n) is 5.67. The van der Waals surface area contributed by atoms with E-state index in [9.17, 15) is 5.11 Å². The van der Waals surface area contributed by atoms with E-state index in [2.05, 4.69) is 15.4 Å². The molecule has 0 aliphatic rings. The molecular weight excluding hydrogens is 216 g/mol. The molecule has 0 spiro atoms. The lowest BCUT2D eigenvalue weighted by atomic mass is 9.95. The van der Waals surface area contributed by atoms with Crippen LogP contribution in [0.1, 0.15) is 19.4 Å². The zero-order valence-electron chi connectivity index (χ0n) is 10.4. The number of rotatable bonds is 4. The molecule has 92 valence electrons. The fourth-order valence-corrected chi connectivity index (χ4v) is 1.57. The molecule has 2 aromatic rings. The van der Waals surface area contributed by atoms with E-state index in [0.717, 1.165) is 17.0 Å². The predicted octanol–water partition coefficient (Wildman–Crippen LogP) is 1.47. The highest BCUT2D eigenvalue weighted by atomic mass is 16.3. The summed E-state index contributed by atoms with van der Waals surface area (Å²) in [4.78, 5) is 4.17. The number of aliphatic hydroxyl groups is 1. The van der Waals surface area contributed by atoms with Gasteiger partial charge in [-0.05, 0) is 24.6 Å². The standard InChI is InChI=1S/C12H18N4O/c1-9-4-10(13-6-12(2,3)7-17)16-11(5-9)14-8-15-16/h4-5,8,13,17H,6-7H2,1-3H3. The van der Waals surface area contributed by atoms with Crippen LogP contribution in [0.25, 0.3) is 5.65 Å². The van der Waals surface area contributed by atoms with Crippen molar-refractivity contribution >= 4 is 11.5 Å². The van der Waals surface area contributed by atoms with Crippen LogP contribution < -0.4 is 5.32 Å². The molecule has 5 heteroatoms. The minimum absolute atomic E-state index is 0.145. The largest absolute Gasteiger partial charge is 0.396 e. The maximum atomic E-state index is 9.23. The van der Waals surface area contributed by atoms with Crippen molar-refractivity contribution in [1.82, 2.24) is 14.6 Å². The Bertz CT molecular complexity index is 518. The number of hydrogen-bond donors (Lipinski definition) is 2. The van der Waals surface area contributed by atoms with Crippen LogP contribution in [0, 0.1) is 12.3 Å². The molecule has 2 N–H and O–H groups in total. The quantitative estimate of drug-likeness (QED) is 0.841. The minimum atomic E-state index is -0.156. The van der Waals surface area contributed by atoms with E-state index >= 15 is 0 Å². The Balaban J connectivity index is 2.26. The van der Waals surface area contributed by atoms with Gasteiger partial charge in [0.25, 0.3) is 0 Å². The van der Waals surface area contributed by atoms with Gasteiger partial charge in [0.15, 0.2) is 5.65 Å². The lowest BCUT2D eigenvalue weighted by Gasteiger charge is -2.22. The lowest BCUT2D eigenvalue weighted by Crippen LogP contribution is -2.27. The van der Waals surface area contributed by atoms with Gasteiger partial charge in [0, 0.05) is 18.6 Å². The second-order valence-corrected chi connectivity index (χ2v) is 5.12. The molecular formula is C12H18N4O. The number of nitrogens with zero attached hydrogens (tertiary/aromatic N) is 3. The summed E-state index contributed by atoms with van der Waals surface area (Å²) < 4.78 is 1.76. The first kappa shape index (κ1) is 11.9. The fourth-order valence-electron chi connectivity index (χ4n) is 1.57. The molecule has 17 heavy (non-hydrogen) atoms. The molecule has 0 aliphatic carbocycles. The molecule has 0 saturated heterocycles.